The van der Waals surface area contributed by atoms with Crippen LogP contribution in [0.5, 0.6) is 17.2 Å². The van der Waals surface area contributed by atoms with Crippen molar-refractivity contribution in [3.05, 3.63) is 47.9 Å². The number of nitrogens with zero attached hydrogens (tertiary/aromatic N) is 4. The van der Waals surface area contributed by atoms with Gasteiger partial charge in [0.05, 0.1) is 27.9 Å². The Morgan fingerprint density at radius 3 is 2.44 bits per heavy atom. The highest BCUT2D eigenvalue weighted by atomic mass is 127. The maximum absolute atomic E-state index is 5.42. The Morgan fingerprint density at radius 2 is 1.78 bits per heavy atom. The SMILES string of the molecule is CCNC(=NCc1cc(OC)c(OC)c(OC)c1)NCCCc1nnc2ccccn12.I. The molecule has 0 bridgehead atoms. The van der Waals surface area contributed by atoms with Gasteiger partial charge in [-0.25, -0.2) is 4.99 Å². The first-order valence-corrected chi connectivity index (χ1v) is 10.3. The molecule has 2 aromatic heterocycles. The number of ether oxygens (including phenoxy) is 3. The molecular weight excluding hydrogens is 523 g/mol. The van der Waals surface area contributed by atoms with E-state index in [1.54, 1.807) is 21.3 Å². The molecule has 0 aliphatic carbocycles. The summed E-state index contributed by atoms with van der Waals surface area (Å²) in [6.45, 7) is 4.05. The number of guanidine groups is 1. The number of pyridine rings is 1. The van der Waals surface area contributed by atoms with Crippen LogP contribution in [0.25, 0.3) is 5.65 Å². The number of aromatic nitrogens is 3. The van der Waals surface area contributed by atoms with Crippen LogP contribution in [0.15, 0.2) is 41.5 Å². The van der Waals surface area contributed by atoms with Gasteiger partial charge in [-0.15, -0.1) is 34.2 Å². The predicted octanol–water partition coefficient (Wildman–Crippen LogP) is 3.06. The van der Waals surface area contributed by atoms with E-state index in [2.05, 4.69) is 25.8 Å². The first-order chi connectivity index (χ1) is 15.2. The first kappa shape index (κ1) is 25.5. The van der Waals surface area contributed by atoms with Gasteiger partial charge in [-0.2, -0.15) is 0 Å². The number of rotatable bonds is 10. The van der Waals surface area contributed by atoms with Crippen molar-refractivity contribution in [3.8, 4) is 17.2 Å². The van der Waals surface area contributed by atoms with Gasteiger partial charge in [0.1, 0.15) is 5.82 Å². The predicted molar refractivity (Wildman–Crippen MR) is 136 cm³/mol. The van der Waals surface area contributed by atoms with Gasteiger partial charge in [-0.3, -0.25) is 4.40 Å². The Kier molecular flexibility index (Phi) is 10.3. The van der Waals surface area contributed by atoms with Crippen LogP contribution in [-0.4, -0.2) is 55.0 Å². The first-order valence-electron chi connectivity index (χ1n) is 10.3. The Bertz CT molecular complexity index is 999. The smallest absolute Gasteiger partial charge is 0.203 e. The van der Waals surface area contributed by atoms with Gasteiger partial charge in [-0.1, -0.05) is 6.07 Å². The van der Waals surface area contributed by atoms with E-state index in [1.807, 2.05) is 47.9 Å². The molecule has 2 heterocycles. The van der Waals surface area contributed by atoms with Gasteiger partial charge < -0.3 is 24.8 Å². The van der Waals surface area contributed by atoms with Crippen LogP contribution >= 0.6 is 24.0 Å². The highest BCUT2D eigenvalue weighted by molar-refractivity contribution is 14.0. The van der Waals surface area contributed by atoms with Crippen molar-refractivity contribution in [2.24, 2.45) is 4.99 Å². The van der Waals surface area contributed by atoms with E-state index in [9.17, 15) is 0 Å². The molecule has 10 heteroatoms. The lowest BCUT2D eigenvalue weighted by molar-refractivity contribution is 0.324. The fourth-order valence-electron chi connectivity index (χ4n) is 3.25. The fourth-order valence-corrected chi connectivity index (χ4v) is 3.25. The molecule has 0 unspecified atom stereocenters. The van der Waals surface area contributed by atoms with Gasteiger partial charge in [0.2, 0.25) is 5.75 Å². The minimum absolute atomic E-state index is 0. The van der Waals surface area contributed by atoms with Crippen LogP contribution in [0, 0.1) is 0 Å². The number of aliphatic imine (C=N–C) groups is 1. The second-order valence-electron chi connectivity index (χ2n) is 6.80. The number of benzene rings is 1. The molecule has 2 N–H and O–H groups in total. The van der Waals surface area contributed by atoms with E-state index < -0.39 is 0 Å². The van der Waals surface area contributed by atoms with Gasteiger partial charge in [-0.05, 0) is 43.2 Å². The van der Waals surface area contributed by atoms with Crippen LogP contribution in [-0.2, 0) is 13.0 Å². The third-order valence-corrected chi connectivity index (χ3v) is 4.74. The molecule has 3 aromatic rings. The Balaban J connectivity index is 0.00000363. The molecule has 0 amide bonds. The molecule has 0 aliphatic heterocycles. The van der Waals surface area contributed by atoms with Crippen LogP contribution in [0.3, 0.4) is 0 Å². The summed E-state index contributed by atoms with van der Waals surface area (Å²) >= 11 is 0. The third kappa shape index (κ3) is 6.38. The number of halogens is 1. The van der Waals surface area contributed by atoms with Crippen molar-refractivity contribution < 1.29 is 14.2 Å². The minimum Gasteiger partial charge on any atom is -0.493 e. The van der Waals surface area contributed by atoms with E-state index in [0.717, 1.165) is 48.9 Å². The largest absolute Gasteiger partial charge is 0.493 e. The fraction of sp³-hybridized carbons (Fsp3) is 0.409. The van der Waals surface area contributed by atoms with Crippen LogP contribution in [0.1, 0.15) is 24.7 Å². The summed E-state index contributed by atoms with van der Waals surface area (Å²) in [7, 11) is 4.80. The summed E-state index contributed by atoms with van der Waals surface area (Å²) < 4.78 is 18.2. The summed E-state index contributed by atoms with van der Waals surface area (Å²) in [4.78, 5) is 4.68. The molecule has 0 fully saturated rings. The van der Waals surface area contributed by atoms with Gasteiger partial charge in [0.25, 0.3) is 0 Å². The van der Waals surface area contributed by atoms with Gasteiger partial charge >= 0.3 is 0 Å². The zero-order valence-corrected chi connectivity index (χ0v) is 21.3. The second-order valence-corrected chi connectivity index (χ2v) is 6.80. The van der Waals surface area contributed by atoms with Crippen LogP contribution < -0.4 is 24.8 Å². The number of hydrogen-bond donors (Lipinski definition) is 2. The average molecular weight is 554 g/mol. The molecule has 0 saturated carbocycles. The van der Waals surface area contributed by atoms with Gasteiger partial charge in [0.15, 0.2) is 23.1 Å². The van der Waals surface area contributed by atoms with Crippen molar-refractivity contribution >= 4 is 35.6 Å². The van der Waals surface area contributed by atoms with E-state index in [0.29, 0.717) is 23.8 Å². The zero-order valence-electron chi connectivity index (χ0n) is 18.9. The molecule has 1 aromatic carbocycles. The summed E-state index contributed by atoms with van der Waals surface area (Å²) in [5, 5.41) is 15.1. The molecule has 174 valence electrons. The minimum atomic E-state index is 0. The topological polar surface area (TPSA) is 94.3 Å². The van der Waals surface area contributed by atoms with Crippen LogP contribution in [0.4, 0.5) is 0 Å². The molecule has 0 aliphatic rings. The molecule has 32 heavy (non-hydrogen) atoms. The number of methoxy groups -OCH3 is 3. The van der Waals surface area contributed by atoms with Crippen molar-refractivity contribution in [2.75, 3.05) is 34.4 Å². The van der Waals surface area contributed by atoms with Gasteiger partial charge in [0, 0.05) is 25.7 Å². The maximum atomic E-state index is 5.42. The third-order valence-electron chi connectivity index (χ3n) is 4.74. The second kappa shape index (κ2) is 12.9. The Morgan fingerprint density at radius 1 is 1.03 bits per heavy atom. The Labute approximate surface area is 205 Å². The lowest BCUT2D eigenvalue weighted by atomic mass is 10.2. The lowest BCUT2D eigenvalue weighted by Crippen LogP contribution is -2.37. The maximum Gasteiger partial charge on any atom is 0.203 e. The summed E-state index contributed by atoms with van der Waals surface area (Å²) in [6.07, 6.45) is 3.72. The molecular formula is C22H31IN6O3. The molecule has 9 nitrogen and oxygen atoms in total. The molecule has 3 rings (SSSR count). The van der Waals surface area contributed by atoms with Crippen molar-refractivity contribution in [2.45, 2.75) is 26.3 Å². The standard InChI is InChI=1S/C22H30N6O3.HI/c1-5-23-22(24-11-8-10-20-27-26-19-9-6-7-12-28(19)20)25-15-16-13-17(29-2)21(31-4)18(14-16)30-3;/h6-7,9,12-14H,5,8,10-11,15H2,1-4H3,(H2,23,24,25);1H. The summed E-state index contributed by atoms with van der Waals surface area (Å²) in [5.74, 6) is 3.51. The lowest BCUT2D eigenvalue weighted by Gasteiger charge is -2.14. The van der Waals surface area contributed by atoms with Crippen LogP contribution in [0.2, 0.25) is 0 Å². The van der Waals surface area contributed by atoms with Crippen molar-refractivity contribution in [1.29, 1.82) is 0 Å². The van der Waals surface area contributed by atoms with E-state index in [-0.39, 0.29) is 24.0 Å². The highest BCUT2D eigenvalue weighted by Crippen LogP contribution is 2.38. The zero-order chi connectivity index (χ0) is 22.1. The molecule has 0 radical (unpaired) electrons. The summed E-state index contributed by atoms with van der Waals surface area (Å²) in [6, 6.07) is 9.71. The highest BCUT2D eigenvalue weighted by Gasteiger charge is 2.13. The van der Waals surface area contributed by atoms with Crippen molar-refractivity contribution in [1.82, 2.24) is 25.2 Å². The number of fused-ring (bicyclic) bond motifs is 1. The van der Waals surface area contributed by atoms with E-state index >= 15 is 0 Å². The molecule has 0 spiro atoms. The van der Waals surface area contributed by atoms with Crippen molar-refractivity contribution in [3.63, 3.8) is 0 Å². The van der Waals surface area contributed by atoms with E-state index in [4.69, 9.17) is 14.2 Å². The number of hydrogen-bond acceptors (Lipinski definition) is 6. The average Bonchev–Trinajstić information content (AvgIpc) is 3.22. The normalized spacial score (nSPS) is 11.1. The summed E-state index contributed by atoms with van der Waals surface area (Å²) in [5.41, 5.74) is 1.83. The molecule has 0 saturated heterocycles. The monoisotopic (exact) mass is 554 g/mol. The number of aryl methyl sites for hydroxylation is 1. The van der Waals surface area contributed by atoms with E-state index in [1.165, 1.54) is 0 Å². The number of nitrogens with one attached hydrogen (secondary N) is 2. The quantitative estimate of drug-likeness (QED) is 0.172. The Hall–Kier alpha value is -2.76. The molecule has 0 atom stereocenters.